The van der Waals surface area contributed by atoms with Gasteiger partial charge in [0.1, 0.15) is 10.0 Å². The van der Waals surface area contributed by atoms with Gasteiger partial charge in [-0.3, -0.25) is 4.68 Å². The van der Waals surface area contributed by atoms with Crippen molar-refractivity contribution in [2.24, 2.45) is 0 Å². The molecule has 0 unspecified atom stereocenters. The van der Waals surface area contributed by atoms with Gasteiger partial charge in [0.2, 0.25) is 0 Å². The standard InChI is InChI=1S/C24H19Cl3N4O2S2/c1-2-33-23(32)16-11-20(15-6-4-3-5-7-15)35-22(16)29-24(34)28-21-19(27)13-31(30-21)12-14-8-9-17(25)18(26)10-14/h3-11,13H,2,12H2,1H3,(H2,28,29,30,34). The Hall–Kier alpha value is -2.62. The van der Waals surface area contributed by atoms with Crippen LogP contribution in [0.15, 0.2) is 60.8 Å². The van der Waals surface area contributed by atoms with Gasteiger partial charge < -0.3 is 15.4 Å². The van der Waals surface area contributed by atoms with E-state index in [0.717, 1.165) is 16.0 Å². The normalized spacial score (nSPS) is 10.7. The van der Waals surface area contributed by atoms with E-state index >= 15 is 0 Å². The fourth-order valence-corrected chi connectivity index (χ4v) is 5.06. The van der Waals surface area contributed by atoms with E-state index in [1.165, 1.54) is 11.3 Å². The van der Waals surface area contributed by atoms with Crippen LogP contribution in [0.5, 0.6) is 0 Å². The van der Waals surface area contributed by atoms with Gasteiger partial charge in [0.25, 0.3) is 0 Å². The molecule has 0 fully saturated rings. The van der Waals surface area contributed by atoms with Crippen molar-refractivity contribution < 1.29 is 9.53 Å². The highest BCUT2D eigenvalue weighted by Crippen LogP contribution is 2.36. The summed E-state index contributed by atoms with van der Waals surface area (Å²) in [5.74, 6) is -0.0538. The van der Waals surface area contributed by atoms with E-state index in [1.54, 1.807) is 36.0 Å². The van der Waals surface area contributed by atoms with Gasteiger partial charge in [-0.25, -0.2) is 4.79 Å². The second-order valence-electron chi connectivity index (χ2n) is 7.29. The number of hydrogen-bond acceptors (Lipinski definition) is 5. The summed E-state index contributed by atoms with van der Waals surface area (Å²) >= 11 is 25.3. The second-order valence-corrected chi connectivity index (χ2v) is 9.97. The number of thiocarbonyl (C=S) groups is 1. The van der Waals surface area contributed by atoms with Crippen LogP contribution in [0.4, 0.5) is 10.8 Å². The fourth-order valence-electron chi connectivity index (χ4n) is 3.22. The van der Waals surface area contributed by atoms with Crippen molar-refractivity contribution in [1.82, 2.24) is 9.78 Å². The molecule has 4 aromatic rings. The molecule has 6 nitrogen and oxygen atoms in total. The van der Waals surface area contributed by atoms with Crippen molar-refractivity contribution in [3.8, 4) is 10.4 Å². The molecule has 11 heteroatoms. The number of halogens is 3. The third-order valence-electron chi connectivity index (χ3n) is 4.79. The lowest BCUT2D eigenvalue weighted by atomic mass is 10.1. The van der Waals surface area contributed by atoms with Crippen LogP contribution in [0.3, 0.4) is 0 Å². The number of nitrogens with zero attached hydrogens (tertiary/aromatic N) is 2. The molecule has 2 heterocycles. The van der Waals surface area contributed by atoms with Crippen molar-refractivity contribution in [2.45, 2.75) is 13.5 Å². The van der Waals surface area contributed by atoms with E-state index in [-0.39, 0.29) is 11.7 Å². The number of carbonyl (C=O) groups excluding carboxylic acids is 1. The number of rotatable bonds is 7. The van der Waals surface area contributed by atoms with Gasteiger partial charge in [-0.1, -0.05) is 71.2 Å². The molecule has 35 heavy (non-hydrogen) atoms. The largest absolute Gasteiger partial charge is 0.462 e. The number of nitrogens with one attached hydrogen (secondary N) is 2. The zero-order chi connectivity index (χ0) is 24.9. The maximum absolute atomic E-state index is 12.6. The van der Waals surface area contributed by atoms with Crippen LogP contribution in [0.2, 0.25) is 15.1 Å². The summed E-state index contributed by atoms with van der Waals surface area (Å²) in [5.41, 5.74) is 2.30. The lowest BCUT2D eigenvalue weighted by molar-refractivity contribution is 0.0528. The van der Waals surface area contributed by atoms with Crippen molar-refractivity contribution in [1.29, 1.82) is 0 Å². The molecule has 2 N–H and O–H groups in total. The average Bonchev–Trinajstić information content (AvgIpc) is 3.40. The Kier molecular flexibility index (Phi) is 8.30. The highest BCUT2D eigenvalue weighted by Gasteiger charge is 2.20. The quantitative estimate of drug-likeness (QED) is 0.178. The third kappa shape index (κ3) is 6.34. The topological polar surface area (TPSA) is 68.2 Å². The zero-order valence-corrected chi connectivity index (χ0v) is 22.2. The number of ether oxygens (including phenoxy) is 1. The Balaban J connectivity index is 1.50. The molecule has 0 atom stereocenters. The first kappa shape index (κ1) is 25.5. The molecule has 2 aromatic carbocycles. The van der Waals surface area contributed by atoms with Crippen molar-refractivity contribution in [3.05, 3.63) is 87.0 Å². The molecule has 0 bridgehead atoms. The molecule has 0 saturated heterocycles. The number of thiophene rings is 1. The van der Waals surface area contributed by atoms with E-state index < -0.39 is 5.97 Å². The molecule has 0 aliphatic rings. The average molecular weight is 566 g/mol. The first-order valence-corrected chi connectivity index (χ1v) is 12.8. The summed E-state index contributed by atoms with van der Waals surface area (Å²) in [6.07, 6.45) is 1.68. The van der Waals surface area contributed by atoms with Crippen molar-refractivity contribution in [2.75, 3.05) is 17.2 Å². The summed E-state index contributed by atoms with van der Waals surface area (Å²) in [4.78, 5) is 13.5. The molecule has 0 aliphatic carbocycles. The third-order valence-corrected chi connectivity index (χ3v) is 7.11. The number of aromatic nitrogens is 2. The summed E-state index contributed by atoms with van der Waals surface area (Å²) in [7, 11) is 0. The van der Waals surface area contributed by atoms with E-state index in [0.29, 0.717) is 38.0 Å². The summed E-state index contributed by atoms with van der Waals surface area (Å²) in [5, 5.41) is 12.7. The minimum atomic E-state index is -0.430. The zero-order valence-electron chi connectivity index (χ0n) is 18.3. The Morgan fingerprint density at radius 1 is 1.06 bits per heavy atom. The van der Waals surface area contributed by atoms with Gasteiger partial charge >= 0.3 is 5.97 Å². The lowest BCUT2D eigenvalue weighted by Gasteiger charge is -2.09. The monoisotopic (exact) mass is 564 g/mol. The molecule has 0 amide bonds. The van der Waals surface area contributed by atoms with Crippen molar-refractivity contribution >= 4 is 80.3 Å². The molecule has 0 spiro atoms. The second kappa shape index (κ2) is 11.4. The summed E-state index contributed by atoms with van der Waals surface area (Å²) in [6, 6.07) is 16.9. The Labute approximate surface area is 226 Å². The predicted octanol–water partition coefficient (Wildman–Crippen LogP) is 7.61. The summed E-state index contributed by atoms with van der Waals surface area (Å²) < 4.78 is 6.88. The predicted molar refractivity (Wildman–Crippen MR) is 148 cm³/mol. The molecule has 180 valence electrons. The van der Waals surface area contributed by atoms with Gasteiger partial charge in [0.15, 0.2) is 10.9 Å². The molecule has 0 saturated carbocycles. The Morgan fingerprint density at radius 3 is 2.54 bits per heavy atom. The first-order chi connectivity index (χ1) is 16.8. The Morgan fingerprint density at radius 2 is 1.83 bits per heavy atom. The van der Waals surface area contributed by atoms with Crippen LogP contribution in [0.25, 0.3) is 10.4 Å². The van der Waals surface area contributed by atoms with Crippen LogP contribution in [-0.2, 0) is 11.3 Å². The van der Waals surface area contributed by atoms with E-state index in [2.05, 4.69) is 15.7 Å². The van der Waals surface area contributed by atoms with Gasteiger partial charge in [-0.2, -0.15) is 5.10 Å². The molecule has 0 radical (unpaired) electrons. The molecular formula is C24H19Cl3N4O2S2. The maximum atomic E-state index is 12.6. The van der Waals surface area contributed by atoms with Gasteiger partial charge in [-0.15, -0.1) is 11.3 Å². The fraction of sp³-hybridized carbons (Fsp3) is 0.125. The van der Waals surface area contributed by atoms with E-state index in [4.69, 9.17) is 51.8 Å². The van der Waals surface area contributed by atoms with Crippen LogP contribution < -0.4 is 10.6 Å². The highest BCUT2D eigenvalue weighted by atomic mass is 35.5. The molecule has 0 aliphatic heterocycles. The number of hydrogen-bond donors (Lipinski definition) is 2. The molecule has 4 rings (SSSR count). The van der Waals surface area contributed by atoms with Crippen LogP contribution in [0.1, 0.15) is 22.8 Å². The minimum Gasteiger partial charge on any atom is -0.462 e. The van der Waals surface area contributed by atoms with Gasteiger partial charge in [0.05, 0.1) is 28.8 Å². The van der Waals surface area contributed by atoms with Crippen LogP contribution in [0, 0.1) is 0 Å². The van der Waals surface area contributed by atoms with Gasteiger partial charge in [0, 0.05) is 11.1 Å². The van der Waals surface area contributed by atoms with E-state index in [9.17, 15) is 4.79 Å². The number of anilines is 2. The number of carbonyl (C=O) groups is 1. The van der Waals surface area contributed by atoms with Crippen LogP contribution in [-0.4, -0.2) is 27.5 Å². The van der Waals surface area contributed by atoms with Crippen molar-refractivity contribution in [3.63, 3.8) is 0 Å². The molecule has 2 aromatic heterocycles. The number of esters is 1. The van der Waals surface area contributed by atoms with Crippen LogP contribution >= 0.6 is 58.4 Å². The maximum Gasteiger partial charge on any atom is 0.341 e. The smallest absolute Gasteiger partial charge is 0.341 e. The van der Waals surface area contributed by atoms with Gasteiger partial charge in [-0.05, 0) is 48.5 Å². The first-order valence-electron chi connectivity index (χ1n) is 10.4. The SMILES string of the molecule is CCOC(=O)c1cc(-c2ccccc2)sc1NC(=S)Nc1nn(Cc2ccc(Cl)c(Cl)c2)cc1Cl. The highest BCUT2D eigenvalue weighted by molar-refractivity contribution is 7.80. The number of benzene rings is 2. The lowest BCUT2D eigenvalue weighted by Crippen LogP contribution is -2.20. The minimum absolute atomic E-state index is 0.235. The molecular weight excluding hydrogens is 547 g/mol. The van der Waals surface area contributed by atoms with E-state index in [1.807, 2.05) is 36.4 Å². The Bertz CT molecular complexity index is 1370. The summed E-state index contributed by atoms with van der Waals surface area (Å²) in [6.45, 7) is 2.47.